The first kappa shape index (κ1) is 12.6. The summed E-state index contributed by atoms with van der Waals surface area (Å²) in [5.41, 5.74) is -0.216. The number of carbonyl (C=O) groups excluding carboxylic acids is 1. The Balaban J connectivity index is 2.30. The Labute approximate surface area is 106 Å². The van der Waals surface area contributed by atoms with Crippen LogP contribution in [-0.4, -0.2) is 5.78 Å². The number of benzene rings is 1. The minimum atomic E-state index is -0.505. The Morgan fingerprint density at radius 2 is 1.94 bits per heavy atom. The monoisotopic (exact) mass is 254 g/mol. The van der Waals surface area contributed by atoms with Gasteiger partial charge in [0.05, 0.1) is 5.56 Å². The summed E-state index contributed by atoms with van der Waals surface area (Å²) in [4.78, 5) is 12.4. The molecule has 0 aromatic heterocycles. The van der Waals surface area contributed by atoms with E-state index < -0.39 is 11.2 Å². The van der Waals surface area contributed by atoms with Gasteiger partial charge in [0.15, 0.2) is 5.78 Å². The zero-order valence-corrected chi connectivity index (χ0v) is 10.7. The van der Waals surface area contributed by atoms with Gasteiger partial charge in [0, 0.05) is 10.4 Å². The molecular formula is C14H16ClFO. The van der Waals surface area contributed by atoms with Crippen molar-refractivity contribution < 1.29 is 9.18 Å². The largest absolute Gasteiger partial charge is 0.293 e. The second kappa shape index (κ2) is 4.77. The lowest BCUT2D eigenvalue weighted by Crippen LogP contribution is -2.30. The van der Waals surface area contributed by atoms with E-state index in [1.165, 1.54) is 18.6 Å². The molecule has 0 aliphatic heterocycles. The molecule has 92 valence electrons. The van der Waals surface area contributed by atoms with Crippen molar-refractivity contribution in [2.24, 2.45) is 5.41 Å². The number of Topliss-reactive ketones (excluding diaryl/α,β-unsaturated/α-hetero) is 1. The molecule has 3 heteroatoms. The summed E-state index contributed by atoms with van der Waals surface area (Å²) in [6.07, 6.45) is 4.99. The fourth-order valence-corrected chi connectivity index (χ4v) is 2.72. The summed E-state index contributed by atoms with van der Waals surface area (Å²) < 4.78 is 13.7. The van der Waals surface area contributed by atoms with E-state index in [9.17, 15) is 9.18 Å². The van der Waals surface area contributed by atoms with Crippen molar-refractivity contribution in [1.82, 2.24) is 0 Å². The third kappa shape index (κ3) is 2.52. The van der Waals surface area contributed by atoms with Crippen LogP contribution in [0.5, 0.6) is 0 Å². The lowest BCUT2D eigenvalue weighted by atomic mass is 9.71. The zero-order chi connectivity index (χ0) is 12.5. The Kier molecular flexibility index (Phi) is 3.53. The number of ketones is 1. The molecule has 0 spiro atoms. The molecule has 0 heterocycles. The molecule has 17 heavy (non-hydrogen) atoms. The molecule has 0 radical (unpaired) electrons. The van der Waals surface area contributed by atoms with E-state index in [0.717, 1.165) is 25.7 Å². The Hall–Kier alpha value is -0.890. The molecule has 1 aliphatic rings. The van der Waals surface area contributed by atoms with Gasteiger partial charge in [-0.1, -0.05) is 37.8 Å². The minimum Gasteiger partial charge on any atom is -0.293 e. The molecule has 0 bridgehead atoms. The van der Waals surface area contributed by atoms with Gasteiger partial charge in [-0.25, -0.2) is 4.39 Å². The van der Waals surface area contributed by atoms with Gasteiger partial charge in [-0.05, 0) is 31.0 Å². The second-order valence-corrected chi connectivity index (χ2v) is 5.51. The van der Waals surface area contributed by atoms with E-state index in [1.54, 1.807) is 6.07 Å². The maximum absolute atomic E-state index is 13.7. The highest BCUT2D eigenvalue weighted by molar-refractivity contribution is 6.30. The van der Waals surface area contributed by atoms with E-state index >= 15 is 0 Å². The van der Waals surface area contributed by atoms with E-state index in [4.69, 9.17) is 11.6 Å². The number of hydrogen-bond donors (Lipinski definition) is 0. The van der Waals surface area contributed by atoms with Crippen LogP contribution in [-0.2, 0) is 0 Å². The van der Waals surface area contributed by atoms with Crippen molar-refractivity contribution in [3.63, 3.8) is 0 Å². The van der Waals surface area contributed by atoms with Gasteiger partial charge >= 0.3 is 0 Å². The molecule has 1 aliphatic carbocycles. The Morgan fingerprint density at radius 3 is 2.53 bits per heavy atom. The summed E-state index contributed by atoms with van der Waals surface area (Å²) in [5.74, 6) is -0.583. The Morgan fingerprint density at radius 1 is 1.29 bits per heavy atom. The predicted molar refractivity (Wildman–Crippen MR) is 66.9 cm³/mol. The molecule has 0 amide bonds. The van der Waals surface area contributed by atoms with Crippen molar-refractivity contribution in [2.75, 3.05) is 0 Å². The van der Waals surface area contributed by atoms with Crippen LogP contribution in [0.25, 0.3) is 0 Å². The summed E-state index contributed by atoms with van der Waals surface area (Å²) >= 11 is 5.69. The summed E-state index contributed by atoms with van der Waals surface area (Å²) in [6, 6.07) is 4.28. The molecule has 0 atom stereocenters. The standard InChI is InChI=1S/C14H16ClFO/c1-14(7-3-2-4-8-14)13(17)11-6-5-10(15)9-12(11)16/h5-6,9H,2-4,7-8H2,1H3. The quantitative estimate of drug-likeness (QED) is 0.703. The molecule has 1 saturated carbocycles. The smallest absolute Gasteiger partial charge is 0.171 e. The van der Waals surface area contributed by atoms with Crippen molar-refractivity contribution >= 4 is 17.4 Å². The average Bonchev–Trinajstić information content (AvgIpc) is 2.29. The predicted octanol–water partition coefficient (Wildman–Crippen LogP) is 4.63. The highest BCUT2D eigenvalue weighted by Gasteiger charge is 2.36. The first-order valence-electron chi connectivity index (χ1n) is 6.03. The van der Waals surface area contributed by atoms with Gasteiger partial charge < -0.3 is 0 Å². The molecule has 0 unspecified atom stereocenters. The minimum absolute atomic E-state index is 0.0774. The van der Waals surface area contributed by atoms with Crippen LogP contribution in [0.4, 0.5) is 4.39 Å². The van der Waals surface area contributed by atoms with Crippen molar-refractivity contribution in [3.8, 4) is 0 Å². The highest BCUT2D eigenvalue weighted by atomic mass is 35.5. The van der Waals surface area contributed by atoms with Crippen molar-refractivity contribution in [1.29, 1.82) is 0 Å². The van der Waals surface area contributed by atoms with E-state index in [0.29, 0.717) is 5.02 Å². The van der Waals surface area contributed by atoms with Gasteiger partial charge in [-0.15, -0.1) is 0 Å². The van der Waals surface area contributed by atoms with E-state index in [-0.39, 0.29) is 11.3 Å². The second-order valence-electron chi connectivity index (χ2n) is 5.07. The fraction of sp³-hybridized carbons (Fsp3) is 0.500. The summed E-state index contributed by atoms with van der Waals surface area (Å²) in [5, 5.41) is 0.327. The maximum Gasteiger partial charge on any atom is 0.171 e. The van der Waals surface area contributed by atoms with Crippen LogP contribution >= 0.6 is 11.6 Å². The third-order valence-corrected chi connectivity index (χ3v) is 3.92. The van der Waals surface area contributed by atoms with E-state index in [1.807, 2.05) is 6.92 Å². The molecule has 1 fully saturated rings. The van der Waals surface area contributed by atoms with E-state index in [2.05, 4.69) is 0 Å². The fourth-order valence-electron chi connectivity index (χ4n) is 2.56. The lowest BCUT2D eigenvalue weighted by molar-refractivity contribution is 0.0745. The average molecular weight is 255 g/mol. The van der Waals surface area contributed by atoms with Gasteiger partial charge in [0.1, 0.15) is 5.82 Å². The lowest BCUT2D eigenvalue weighted by Gasteiger charge is -2.32. The number of rotatable bonds is 2. The molecule has 2 rings (SSSR count). The number of halogens is 2. The summed E-state index contributed by atoms with van der Waals surface area (Å²) in [6.45, 7) is 1.95. The van der Waals surface area contributed by atoms with Gasteiger partial charge in [0.25, 0.3) is 0 Å². The number of carbonyl (C=O) groups is 1. The maximum atomic E-state index is 13.7. The van der Waals surface area contributed by atoms with Crippen LogP contribution < -0.4 is 0 Å². The first-order valence-corrected chi connectivity index (χ1v) is 6.41. The zero-order valence-electron chi connectivity index (χ0n) is 9.93. The summed E-state index contributed by atoms with van der Waals surface area (Å²) in [7, 11) is 0. The van der Waals surface area contributed by atoms with Crippen LogP contribution in [0.15, 0.2) is 18.2 Å². The van der Waals surface area contributed by atoms with Gasteiger partial charge in [0.2, 0.25) is 0 Å². The van der Waals surface area contributed by atoms with Crippen LogP contribution in [0.1, 0.15) is 49.4 Å². The number of hydrogen-bond acceptors (Lipinski definition) is 1. The van der Waals surface area contributed by atoms with Crippen molar-refractivity contribution in [3.05, 3.63) is 34.6 Å². The van der Waals surface area contributed by atoms with Crippen LogP contribution in [0.2, 0.25) is 5.02 Å². The molecule has 0 N–H and O–H groups in total. The SMILES string of the molecule is CC1(C(=O)c2ccc(Cl)cc2F)CCCCC1. The normalized spacial score (nSPS) is 19.0. The topological polar surface area (TPSA) is 17.1 Å². The molecule has 1 aromatic rings. The Bertz CT molecular complexity index is 436. The third-order valence-electron chi connectivity index (χ3n) is 3.68. The van der Waals surface area contributed by atoms with Crippen LogP contribution in [0.3, 0.4) is 0 Å². The molecule has 1 nitrogen and oxygen atoms in total. The first-order chi connectivity index (χ1) is 8.03. The molecule has 1 aromatic carbocycles. The molecule has 0 saturated heterocycles. The van der Waals surface area contributed by atoms with Crippen LogP contribution in [0, 0.1) is 11.2 Å². The molecular weight excluding hydrogens is 239 g/mol. The highest BCUT2D eigenvalue weighted by Crippen LogP contribution is 2.39. The van der Waals surface area contributed by atoms with Gasteiger partial charge in [-0.2, -0.15) is 0 Å². The van der Waals surface area contributed by atoms with Crippen molar-refractivity contribution in [2.45, 2.75) is 39.0 Å². The van der Waals surface area contributed by atoms with Gasteiger partial charge in [-0.3, -0.25) is 4.79 Å².